The van der Waals surface area contributed by atoms with Crippen LogP contribution in [0.2, 0.25) is 0 Å². The number of hydrogen-bond acceptors (Lipinski definition) is 3. The van der Waals surface area contributed by atoms with E-state index in [0.29, 0.717) is 6.42 Å². The molecule has 1 atom stereocenters. The normalized spacial score (nSPS) is 13.1. The summed E-state index contributed by atoms with van der Waals surface area (Å²) >= 11 is 0. The number of carboxylic acid groups (broad SMARTS) is 1. The molecule has 0 aliphatic heterocycles. The van der Waals surface area contributed by atoms with Crippen LogP contribution in [0.1, 0.15) is 18.9 Å². The summed E-state index contributed by atoms with van der Waals surface area (Å²) in [5, 5.41) is 11.2. The highest BCUT2D eigenvalue weighted by molar-refractivity contribution is 7.89. The summed E-state index contributed by atoms with van der Waals surface area (Å²) in [5.41, 5.74) is 0.810. The van der Waals surface area contributed by atoms with Crippen molar-refractivity contribution in [2.45, 2.75) is 25.8 Å². The Balaban J connectivity index is 2.29. The molecule has 0 bridgehead atoms. The van der Waals surface area contributed by atoms with Gasteiger partial charge in [-0.3, -0.25) is 4.79 Å². The van der Waals surface area contributed by atoms with Crippen LogP contribution in [0.25, 0.3) is 10.8 Å². The predicted molar refractivity (Wildman–Crippen MR) is 86.3 cm³/mol. The standard InChI is InChI=1S/C16H19NO4S/c1-2-10-22(20,21)17-15(16(18)19)11-13-8-5-7-12-6-3-4-9-14(12)13/h3-9,15,17H,2,10-11H2,1H3,(H,18,19)/t15-/m0/s1. The van der Waals surface area contributed by atoms with Crippen molar-refractivity contribution in [2.75, 3.05) is 5.75 Å². The molecule has 6 heteroatoms. The zero-order valence-electron chi connectivity index (χ0n) is 12.3. The number of fused-ring (bicyclic) bond motifs is 1. The molecule has 2 rings (SSSR count). The quantitative estimate of drug-likeness (QED) is 0.818. The van der Waals surface area contributed by atoms with Gasteiger partial charge in [0.05, 0.1) is 5.75 Å². The molecule has 5 nitrogen and oxygen atoms in total. The summed E-state index contributed by atoms with van der Waals surface area (Å²) in [6, 6.07) is 12.1. The lowest BCUT2D eigenvalue weighted by Crippen LogP contribution is -2.43. The molecule has 2 N–H and O–H groups in total. The van der Waals surface area contributed by atoms with Crippen molar-refractivity contribution >= 4 is 26.8 Å². The van der Waals surface area contributed by atoms with Gasteiger partial charge < -0.3 is 5.11 Å². The van der Waals surface area contributed by atoms with E-state index in [1.165, 1.54) is 0 Å². The third-order valence-electron chi connectivity index (χ3n) is 3.40. The first kappa shape index (κ1) is 16.5. The fraction of sp³-hybridized carbons (Fsp3) is 0.312. The Morgan fingerprint density at radius 2 is 1.86 bits per heavy atom. The number of hydrogen-bond donors (Lipinski definition) is 2. The summed E-state index contributed by atoms with van der Waals surface area (Å²) in [6.45, 7) is 1.74. The topological polar surface area (TPSA) is 83.5 Å². The molecule has 2 aromatic rings. The second-order valence-corrected chi connectivity index (χ2v) is 7.04. The molecule has 0 spiro atoms. The SMILES string of the molecule is CCCS(=O)(=O)N[C@@H](Cc1cccc2ccccc12)C(=O)O. The summed E-state index contributed by atoms with van der Waals surface area (Å²) in [7, 11) is -3.58. The molecule has 0 radical (unpaired) electrons. The van der Waals surface area contributed by atoms with Gasteiger partial charge in [-0.2, -0.15) is 0 Å². The van der Waals surface area contributed by atoms with E-state index in [2.05, 4.69) is 4.72 Å². The molecule has 0 saturated carbocycles. The van der Waals surface area contributed by atoms with E-state index in [9.17, 15) is 18.3 Å². The van der Waals surface area contributed by atoms with Gasteiger partial charge in [0.25, 0.3) is 0 Å². The van der Waals surface area contributed by atoms with Crippen LogP contribution in [0.15, 0.2) is 42.5 Å². The van der Waals surface area contributed by atoms with Crippen LogP contribution >= 0.6 is 0 Å². The smallest absolute Gasteiger partial charge is 0.322 e. The number of carbonyl (C=O) groups is 1. The van der Waals surface area contributed by atoms with Crippen molar-refractivity contribution in [1.82, 2.24) is 4.72 Å². The van der Waals surface area contributed by atoms with Gasteiger partial charge >= 0.3 is 5.97 Å². The van der Waals surface area contributed by atoms with E-state index >= 15 is 0 Å². The monoisotopic (exact) mass is 321 g/mol. The lowest BCUT2D eigenvalue weighted by atomic mass is 9.99. The average Bonchev–Trinajstić information content (AvgIpc) is 2.46. The van der Waals surface area contributed by atoms with Crippen LogP contribution in [-0.2, 0) is 21.2 Å². The predicted octanol–water partition coefficient (Wildman–Crippen LogP) is 2.16. The molecule has 118 valence electrons. The lowest BCUT2D eigenvalue weighted by Gasteiger charge is -2.16. The third kappa shape index (κ3) is 4.05. The van der Waals surface area contributed by atoms with E-state index in [1.54, 1.807) is 6.92 Å². The van der Waals surface area contributed by atoms with Crippen LogP contribution < -0.4 is 4.72 Å². The molecule has 0 unspecified atom stereocenters. The molecule has 0 aromatic heterocycles. The Hall–Kier alpha value is -1.92. The minimum absolute atomic E-state index is 0.0771. The van der Waals surface area contributed by atoms with Gasteiger partial charge in [-0.1, -0.05) is 49.4 Å². The first-order chi connectivity index (χ1) is 10.4. The number of rotatable bonds is 7. The number of aliphatic carboxylic acids is 1. The van der Waals surface area contributed by atoms with Crippen molar-refractivity contribution in [3.63, 3.8) is 0 Å². The highest BCUT2D eigenvalue weighted by atomic mass is 32.2. The number of nitrogens with one attached hydrogen (secondary N) is 1. The molecule has 0 amide bonds. The third-order valence-corrected chi connectivity index (χ3v) is 4.99. The van der Waals surface area contributed by atoms with Gasteiger partial charge in [0.15, 0.2) is 0 Å². The largest absolute Gasteiger partial charge is 0.480 e. The van der Waals surface area contributed by atoms with Crippen molar-refractivity contribution < 1.29 is 18.3 Å². The van der Waals surface area contributed by atoms with Crippen LogP contribution in [0.5, 0.6) is 0 Å². The Bertz CT molecular complexity index is 765. The number of benzene rings is 2. The van der Waals surface area contributed by atoms with E-state index in [1.807, 2.05) is 42.5 Å². The van der Waals surface area contributed by atoms with Crippen LogP contribution in [-0.4, -0.2) is 31.3 Å². The zero-order valence-corrected chi connectivity index (χ0v) is 13.1. The summed E-state index contributed by atoms with van der Waals surface area (Å²) in [5.74, 6) is -1.25. The molecule has 0 aliphatic carbocycles. The highest BCUT2D eigenvalue weighted by Gasteiger charge is 2.24. The van der Waals surface area contributed by atoms with Crippen molar-refractivity contribution in [3.05, 3.63) is 48.0 Å². The second kappa shape index (κ2) is 6.89. The number of carboxylic acids is 1. The lowest BCUT2D eigenvalue weighted by molar-refractivity contribution is -0.138. The summed E-state index contributed by atoms with van der Waals surface area (Å²) < 4.78 is 25.9. The van der Waals surface area contributed by atoms with E-state index in [-0.39, 0.29) is 12.2 Å². The van der Waals surface area contributed by atoms with Crippen molar-refractivity contribution in [3.8, 4) is 0 Å². The van der Waals surface area contributed by atoms with Crippen LogP contribution in [0.3, 0.4) is 0 Å². The maximum absolute atomic E-state index is 11.8. The van der Waals surface area contributed by atoms with E-state index in [0.717, 1.165) is 16.3 Å². The van der Waals surface area contributed by atoms with Crippen molar-refractivity contribution in [2.24, 2.45) is 0 Å². The van der Waals surface area contributed by atoms with E-state index in [4.69, 9.17) is 0 Å². The van der Waals surface area contributed by atoms with Gasteiger partial charge in [0.2, 0.25) is 10.0 Å². The minimum atomic E-state index is -3.58. The molecule has 2 aromatic carbocycles. The fourth-order valence-electron chi connectivity index (χ4n) is 2.41. The molecular formula is C16H19NO4S. The molecule has 0 fully saturated rings. The van der Waals surface area contributed by atoms with Gasteiger partial charge in [-0.15, -0.1) is 0 Å². The molecule has 0 saturated heterocycles. The summed E-state index contributed by atoms with van der Waals surface area (Å²) in [6.07, 6.45) is 0.551. The summed E-state index contributed by atoms with van der Waals surface area (Å²) in [4.78, 5) is 11.4. The Labute approximate surface area is 130 Å². The Kier molecular flexibility index (Phi) is 5.15. The van der Waals surface area contributed by atoms with E-state index < -0.39 is 22.0 Å². The minimum Gasteiger partial charge on any atom is -0.480 e. The fourth-order valence-corrected chi connectivity index (χ4v) is 3.69. The molecular weight excluding hydrogens is 302 g/mol. The molecule has 0 heterocycles. The van der Waals surface area contributed by atoms with Gasteiger partial charge in [0, 0.05) is 6.42 Å². The average molecular weight is 321 g/mol. The van der Waals surface area contributed by atoms with Crippen LogP contribution in [0, 0.1) is 0 Å². The zero-order chi connectivity index (χ0) is 16.2. The second-order valence-electron chi connectivity index (χ2n) is 5.17. The highest BCUT2D eigenvalue weighted by Crippen LogP contribution is 2.20. The Morgan fingerprint density at radius 3 is 2.55 bits per heavy atom. The van der Waals surface area contributed by atoms with Crippen LogP contribution in [0.4, 0.5) is 0 Å². The van der Waals surface area contributed by atoms with Crippen molar-refractivity contribution in [1.29, 1.82) is 0 Å². The van der Waals surface area contributed by atoms with Gasteiger partial charge in [-0.05, 0) is 22.8 Å². The first-order valence-corrected chi connectivity index (χ1v) is 8.77. The Morgan fingerprint density at radius 1 is 1.18 bits per heavy atom. The van der Waals surface area contributed by atoms with Gasteiger partial charge in [-0.25, -0.2) is 13.1 Å². The molecule has 22 heavy (non-hydrogen) atoms. The maximum atomic E-state index is 11.8. The van der Waals surface area contributed by atoms with Gasteiger partial charge in [0.1, 0.15) is 6.04 Å². The maximum Gasteiger partial charge on any atom is 0.322 e. The molecule has 0 aliphatic rings. The number of sulfonamides is 1. The first-order valence-electron chi connectivity index (χ1n) is 7.12.